The number of thiophene rings is 1. The number of halogens is 3. The molecule has 0 unspecified atom stereocenters. The predicted molar refractivity (Wildman–Crippen MR) is 90.9 cm³/mol. The van der Waals surface area contributed by atoms with E-state index in [-0.39, 0.29) is 11.6 Å². The summed E-state index contributed by atoms with van der Waals surface area (Å²) in [6.45, 7) is -1.82. The van der Waals surface area contributed by atoms with E-state index in [4.69, 9.17) is 16.1 Å². The van der Waals surface area contributed by atoms with Gasteiger partial charge in [0.25, 0.3) is 0 Å². The average molecular weight is 386 g/mol. The Kier molecular flexibility index (Phi) is 5.62. The Balaban J connectivity index is 1.70. The van der Waals surface area contributed by atoms with Crippen molar-refractivity contribution < 1.29 is 18.0 Å². The van der Waals surface area contributed by atoms with E-state index in [2.05, 4.69) is 14.9 Å². The first-order chi connectivity index (χ1) is 12.0. The van der Waals surface area contributed by atoms with Crippen LogP contribution in [0, 0.1) is 0 Å². The zero-order valence-electron chi connectivity index (χ0n) is 13.2. The van der Waals surface area contributed by atoms with Gasteiger partial charge in [-0.2, -0.15) is 13.8 Å². The van der Waals surface area contributed by atoms with Crippen molar-refractivity contribution in [3.63, 3.8) is 0 Å². The van der Waals surface area contributed by atoms with Crippen LogP contribution in [0.1, 0.15) is 10.8 Å². The summed E-state index contributed by atoms with van der Waals surface area (Å²) in [5, 5.41) is 3.86. The Morgan fingerprint density at radius 3 is 2.76 bits per heavy atom. The third-order valence-corrected chi connectivity index (χ3v) is 4.49. The monoisotopic (exact) mass is 385 g/mol. The molecule has 0 radical (unpaired) electrons. The topological polar surface area (TPSA) is 51.4 Å². The van der Waals surface area contributed by atoms with Crippen LogP contribution in [0.15, 0.2) is 40.9 Å². The van der Waals surface area contributed by atoms with Crippen molar-refractivity contribution in [2.24, 2.45) is 0 Å². The minimum absolute atomic E-state index is 0.00596. The lowest BCUT2D eigenvalue weighted by atomic mass is 10.2. The molecule has 0 bridgehead atoms. The van der Waals surface area contributed by atoms with Gasteiger partial charge < -0.3 is 9.26 Å². The first-order valence-electron chi connectivity index (χ1n) is 7.31. The fraction of sp³-hybridized carbons (Fsp3) is 0.250. The lowest BCUT2D eigenvalue weighted by Gasteiger charge is -2.12. The van der Waals surface area contributed by atoms with Crippen molar-refractivity contribution in [1.29, 1.82) is 0 Å². The van der Waals surface area contributed by atoms with Crippen LogP contribution < -0.4 is 4.74 Å². The molecule has 0 saturated heterocycles. The van der Waals surface area contributed by atoms with Crippen LogP contribution in [0.3, 0.4) is 0 Å². The number of aromatic nitrogens is 2. The molecule has 0 aliphatic heterocycles. The van der Waals surface area contributed by atoms with Gasteiger partial charge in [-0.25, -0.2) is 0 Å². The van der Waals surface area contributed by atoms with Gasteiger partial charge in [0, 0.05) is 11.4 Å². The van der Waals surface area contributed by atoms with Crippen molar-refractivity contribution in [3.8, 4) is 17.1 Å². The molecule has 0 aliphatic rings. The van der Waals surface area contributed by atoms with Crippen LogP contribution in [0.25, 0.3) is 11.4 Å². The predicted octanol–water partition coefficient (Wildman–Crippen LogP) is 4.68. The molecule has 132 valence electrons. The quantitative estimate of drug-likeness (QED) is 0.590. The van der Waals surface area contributed by atoms with E-state index in [0.29, 0.717) is 24.5 Å². The smallest absolute Gasteiger partial charge is 0.387 e. The molecule has 1 aromatic carbocycles. The highest BCUT2D eigenvalue weighted by Crippen LogP contribution is 2.29. The normalized spacial score (nSPS) is 11.4. The summed E-state index contributed by atoms with van der Waals surface area (Å²) in [6, 6.07) is 10.1. The standard InChI is InChI=1S/C16H14ClF2N3O2S/c1-22(8-10-6-7-13(17)25-10)9-14-20-15(21-24-14)11-4-2-3-5-12(11)23-16(18)19/h2-7,16H,8-9H2,1H3. The highest BCUT2D eigenvalue weighted by Gasteiger charge is 2.16. The molecule has 3 rings (SSSR count). The van der Waals surface area contributed by atoms with Crippen LogP contribution in [0.2, 0.25) is 4.34 Å². The molecule has 0 aliphatic carbocycles. The number of nitrogens with zero attached hydrogens (tertiary/aromatic N) is 3. The van der Waals surface area contributed by atoms with Crippen molar-refractivity contribution >= 4 is 22.9 Å². The fourth-order valence-corrected chi connectivity index (χ4v) is 3.44. The van der Waals surface area contributed by atoms with Crippen LogP contribution in [-0.2, 0) is 13.1 Å². The second-order valence-electron chi connectivity index (χ2n) is 5.26. The summed E-state index contributed by atoms with van der Waals surface area (Å²) < 4.78 is 35.5. The maximum Gasteiger partial charge on any atom is 0.387 e. The number of para-hydroxylation sites is 1. The van der Waals surface area contributed by atoms with Gasteiger partial charge in [0.15, 0.2) is 0 Å². The maximum absolute atomic E-state index is 12.5. The number of rotatable bonds is 7. The number of benzene rings is 1. The molecular formula is C16H14ClF2N3O2S. The molecule has 25 heavy (non-hydrogen) atoms. The van der Waals surface area contributed by atoms with Gasteiger partial charge in [0.2, 0.25) is 11.7 Å². The zero-order valence-corrected chi connectivity index (χ0v) is 14.7. The summed E-state index contributed by atoms with van der Waals surface area (Å²) in [5.41, 5.74) is 0.352. The van der Waals surface area contributed by atoms with E-state index < -0.39 is 6.61 Å². The minimum Gasteiger partial charge on any atom is -0.434 e. The Hall–Kier alpha value is -2.03. The molecule has 3 aromatic rings. The Bertz CT molecular complexity index is 840. The lowest BCUT2D eigenvalue weighted by Crippen LogP contribution is -2.16. The summed E-state index contributed by atoms with van der Waals surface area (Å²) in [4.78, 5) is 7.37. The zero-order chi connectivity index (χ0) is 17.8. The second kappa shape index (κ2) is 7.90. The van der Waals surface area contributed by atoms with Gasteiger partial charge in [-0.15, -0.1) is 11.3 Å². The summed E-state index contributed by atoms with van der Waals surface area (Å²) in [7, 11) is 1.91. The Labute approximate surface area is 151 Å². The highest BCUT2D eigenvalue weighted by molar-refractivity contribution is 7.16. The Morgan fingerprint density at radius 1 is 1.24 bits per heavy atom. The van der Waals surface area contributed by atoms with Crippen molar-refractivity contribution in [3.05, 3.63) is 51.5 Å². The third-order valence-electron chi connectivity index (χ3n) is 3.27. The van der Waals surface area contributed by atoms with Crippen molar-refractivity contribution in [2.45, 2.75) is 19.7 Å². The van der Waals surface area contributed by atoms with E-state index in [1.807, 2.05) is 24.1 Å². The van der Waals surface area contributed by atoms with E-state index in [0.717, 1.165) is 9.21 Å². The van der Waals surface area contributed by atoms with E-state index in [1.54, 1.807) is 18.2 Å². The second-order valence-corrected chi connectivity index (χ2v) is 7.06. The largest absolute Gasteiger partial charge is 0.434 e. The van der Waals surface area contributed by atoms with Crippen LogP contribution in [-0.4, -0.2) is 28.7 Å². The molecule has 0 saturated carbocycles. The SMILES string of the molecule is CN(Cc1nc(-c2ccccc2OC(F)F)no1)Cc1ccc(Cl)s1. The van der Waals surface area contributed by atoms with Gasteiger partial charge in [0.05, 0.1) is 16.4 Å². The van der Waals surface area contributed by atoms with Gasteiger partial charge >= 0.3 is 6.61 Å². The summed E-state index contributed by atoms with van der Waals surface area (Å²) >= 11 is 7.43. The molecule has 2 aromatic heterocycles. The number of alkyl halides is 2. The van der Waals surface area contributed by atoms with E-state index in [1.165, 1.54) is 17.4 Å². The van der Waals surface area contributed by atoms with Gasteiger partial charge in [-0.1, -0.05) is 28.9 Å². The first kappa shape index (κ1) is 17.8. The molecule has 0 fully saturated rings. The van der Waals surface area contributed by atoms with Crippen LogP contribution in [0.5, 0.6) is 5.75 Å². The summed E-state index contributed by atoms with van der Waals surface area (Å²) in [5.74, 6) is 0.595. The molecule has 0 spiro atoms. The molecule has 0 atom stereocenters. The molecule has 5 nitrogen and oxygen atoms in total. The Morgan fingerprint density at radius 2 is 2.04 bits per heavy atom. The molecule has 2 heterocycles. The molecule has 0 amide bonds. The molecular weight excluding hydrogens is 372 g/mol. The van der Waals surface area contributed by atoms with Crippen molar-refractivity contribution in [2.75, 3.05) is 7.05 Å². The molecule has 9 heteroatoms. The maximum atomic E-state index is 12.5. The van der Waals surface area contributed by atoms with E-state index in [9.17, 15) is 8.78 Å². The first-order valence-corrected chi connectivity index (χ1v) is 8.50. The average Bonchev–Trinajstić information content (AvgIpc) is 3.16. The highest BCUT2D eigenvalue weighted by atomic mass is 35.5. The van der Waals surface area contributed by atoms with Crippen molar-refractivity contribution in [1.82, 2.24) is 15.0 Å². The third kappa shape index (κ3) is 4.75. The fourth-order valence-electron chi connectivity index (χ4n) is 2.27. The van der Waals surface area contributed by atoms with Crippen LogP contribution in [0.4, 0.5) is 8.78 Å². The number of ether oxygens (including phenoxy) is 1. The van der Waals surface area contributed by atoms with Gasteiger partial charge in [-0.05, 0) is 31.3 Å². The number of hydrogen-bond donors (Lipinski definition) is 0. The lowest BCUT2D eigenvalue weighted by molar-refractivity contribution is -0.0494. The van der Waals surface area contributed by atoms with E-state index >= 15 is 0 Å². The molecule has 0 N–H and O–H groups in total. The van der Waals surface area contributed by atoms with Gasteiger partial charge in [0.1, 0.15) is 5.75 Å². The minimum atomic E-state index is -2.92. The summed E-state index contributed by atoms with van der Waals surface area (Å²) in [6.07, 6.45) is 0. The van der Waals surface area contributed by atoms with Gasteiger partial charge in [-0.3, -0.25) is 4.90 Å². The number of hydrogen-bond acceptors (Lipinski definition) is 6. The van der Waals surface area contributed by atoms with Crippen LogP contribution >= 0.6 is 22.9 Å².